The molecule has 2 aliphatic rings. The number of nitrogens with zero attached hydrogens (tertiary/aromatic N) is 1. The van der Waals surface area contributed by atoms with E-state index >= 15 is 0 Å². The number of nitrogens with one attached hydrogen (secondary N) is 1. The van der Waals surface area contributed by atoms with Crippen LogP contribution in [0.2, 0.25) is 5.02 Å². The number of phenolic OH excluding ortho intramolecular Hbond substituents is 1. The first-order chi connectivity index (χ1) is 18.0. The Balaban J connectivity index is 1.99. The molecular weight excluding hydrogens is 539 g/mol. The molecule has 1 aromatic carbocycles. The number of amides is 1. The van der Waals surface area contributed by atoms with E-state index in [0.717, 1.165) is 31.7 Å². The smallest absolute Gasteiger partial charge is 0.507 e. The zero-order chi connectivity index (χ0) is 27.7. The monoisotopic (exact) mass is 570 g/mol. The number of halogens is 1. The average molecular weight is 571 g/mol. The third-order valence-corrected chi connectivity index (χ3v) is 6.63. The van der Waals surface area contributed by atoms with E-state index in [1.165, 1.54) is 6.08 Å². The van der Waals surface area contributed by atoms with Crippen LogP contribution in [0.3, 0.4) is 0 Å². The average Bonchev–Trinajstić information content (AvgIpc) is 2.85. The van der Waals surface area contributed by atoms with E-state index in [1.54, 1.807) is 17.9 Å². The highest BCUT2D eigenvalue weighted by atomic mass is 35.5. The highest BCUT2D eigenvalue weighted by molar-refractivity contribution is 7.46. The predicted molar refractivity (Wildman–Crippen MR) is 140 cm³/mol. The van der Waals surface area contributed by atoms with Gasteiger partial charge in [-0.15, -0.1) is 0 Å². The molecule has 1 atom stereocenters. The Kier molecular flexibility index (Phi) is 10.8. The highest BCUT2D eigenvalue weighted by Gasteiger charge is 2.28. The Morgan fingerprint density at radius 2 is 1.92 bits per heavy atom. The summed E-state index contributed by atoms with van der Waals surface area (Å²) in [5.74, 6) is -2.28. The summed E-state index contributed by atoms with van der Waals surface area (Å²) in [5.41, 5.74) is 2.46. The molecule has 1 aromatic rings. The van der Waals surface area contributed by atoms with Crippen LogP contribution >= 0.6 is 19.4 Å². The second kappa shape index (κ2) is 13.8. The molecule has 2 aliphatic heterocycles. The molecule has 4 N–H and O–H groups in total. The number of hydrogen-bond donors (Lipinski definition) is 4. The fourth-order valence-corrected chi connectivity index (χ4v) is 4.66. The molecule has 11 nitrogen and oxygen atoms in total. The summed E-state index contributed by atoms with van der Waals surface area (Å²) in [5, 5.41) is 10.3. The fraction of sp³-hybridized carbons (Fsp3) is 0.440. The molecule has 0 bridgehead atoms. The molecule has 0 aliphatic carbocycles. The zero-order valence-electron chi connectivity index (χ0n) is 21.0. The van der Waals surface area contributed by atoms with Crippen LogP contribution in [-0.2, 0) is 18.9 Å². The number of phosphoric ester groups is 1. The van der Waals surface area contributed by atoms with E-state index in [1.807, 2.05) is 18.2 Å². The number of phenols is 1. The van der Waals surface area contributed by atoms with Gasteiger partial charge in [-0.05, 0) is 51.2 Å². The molecule has 0 saturated carbocycles. The molecule has 1 fully saturated rings. The van der Waals surface area contributed by atoms with Gasteiger partial charge in [-0.2, -0.15) is 0 Å². The number of allylic oxidation sites excluding steroid dienone is 3. The number of rotatable bonds is 6. The minimum atomic E-state index is -5.05. The van der Waals surface area contributed by atoms with E-state index in [0.29, 0.717) is 25.9 Å². The van der Waals surface area contributed by atoms with Crippen molar-refractivity contribution >= 4 is 37.4 Å². The van der Waals surface area contributed by atoms with Gasteiger partial charge in [0.1, 0.15) is 17.4 Å². The van der Waals surface area contributed by atoms with Gasteiger partial charge in [0.2, 0.25) is 0 Å². The summed E-state index contributed by atoms with van der Waals surface area (Å²) in [6, 6.07) is 0.833. The van der Waals surface area contributed by atoms with Crippen LogP contribution in [0.5, 0.6) is 11.5 Å². The van der Waals surface area contributed by atoms with Crippen molar-refractivity contribution in [3.8, 4) is 11.5 Å². The molecule has 2 heterocycles. The molecule has 1 amide bonds. The lowest BCUT2D eigenvalue weighted by atomic mass is 10.0. The first kappa shape index (κ1) is 29.7. The zero-order valence-corrected chi connectivity index (χ0v) is 22.6. The van der Waals surface area contributed by atoms with Crippen LogP contribution in [0.25, 0.3) is 6.08 Å². The van der Waals surface area contributed by atoms with Crippen molar-refractivity contribution < 1.29 is 43.1 Å². The van der Waals surface area contributed by atoms with Gasteiger partial charge < -0.3 is 19.3 Å². The lowest BCUT2D eigenvalue weighted by Crippen LogP contribution is -2.39. The second-order valence-corrected chi connectivity index (χ2v) is 10.5. The largest absolute Gasteiger partial charge is 0.524 e. The van der Waals surface area contributed by atoms with Crippen molar-refractivity contribution in [3.05, 3.63) is 52.2 Å². The number of hydrogen-bond acceptors (Lipinski definition) is 8. The maximum absolute atomic E-state index is 13.0. The van der Waals surface area contributed by atoms with E-state index < -0.39 is 31.4 Å². The SMILES string of the molecule is C[C@@H]1CC=CCCC=C/C(NOCC(=O)N2CCCCC2)=C/c2c(Cl)c(OP(=O)(O)O)cc(O)c2C(=O)O1. The van der Waals surface area contributed by atoms with Gasteiger partial charge in [0.15, 0.2) is 12.4 Å². The Morgan fingerprint density at radius 1 is 1.21 bits per heavy atom. The molecule has 0 aromatic heterocycles. The van der Waals surface area contributed by atoms with Crippen LogP contribution in [0.4, 0.5) is 0 Å². The number of ether oxygens (including phenoxy) is 1. The number of phosphoric acid groups is 1. The fourth-order valence-electron chi connectivity index (χ4n) is 3.97. The summed E-state index contributed by atoms with van der Waals surface area (Å²) < 4.78 is 21.5. The Labute approximate surface area is 225 Å². The highest BCUT2D eigenvalue weighted by Crippen LogP contribution is 2.45. The van der Waals surface area contributed by atoms with Crippen molar-refractivity contribution in [3.63, 3.8) is 0 Å². The number of esters is 1. The molecule has 208 valence electrons. The Morgan fingerprint density at radius 3 is 2.63 bits per heavy atom. The van der Waals surface area contributed by atoms with Gasteiger partial charge in [-0.1, -0.05) is 29.8 Å². The van der Waals surface area contributed by atoms with Crippen molar-refractivity contribution in [1.29, 1.82) is 0 Å². The van der Waals surface area contributed by atoms with Crippen molar-refractivity contribution in [2.75, 3.05) is 19.7 Å². The lowest BCUT2D eigenvalue weighted by molar-refractivity contribution is -0.139. The van der Waals surface area contributed by atoms with Gasteiger partial charge in [-0.3, -0.25) is 24.9 Å². The standard InChI is InChI=1S/C25H32ClN2O9P/c1-17-10-6-3-2-4-7-11-18(27-35-16-22(30)28-12-8-5-9-13-28)14-19-23(25(31)36-17)20(29)15-21(24(19)26)37-38(32,33)34/h3,6-7,11,14-15,17,27,29H,2,4-5,8-10,12-13,16H2,1H3,(H2,32,33,34)/b6-3?,11-7?,18-14-/t17-/m1/s1. The summed E-state index contributed by atoms with van der Waals surface area (Å²) in [6.45, 7) is 2.78. The molecule has 0 radical (unpaired) electrons. The molecule has 13 heteroatoms. The van der Waals surface area contributed by atoms with Crippen molar-refractivity contribution in [1.82, 2.24) is 10.4 Å². The van der Waals surface area contributed by atoms with Gasteiger partial charge in [0.05, 0.1) is 10.7 Å². The molecule has 38 heavy (non-hydrogen) atoms. The molecule has 0 spiro atoms. The number of benzene rings is 1. The molecule has 0 unspecified atom stereocenters. The van der Waals surface area contributed by atoms with Gasteiger partial charge in [0.25, 0.3) is 5.91 Å². The third kappa shape index (κ3) is 8.89. The molecular formula is C25H32ClN2O9P. The van der Waals surface area contributed by atoms with Crippen LogP contribution in [0.1, 0.15) is 61.4 Å². The van der Waals surface area contributed by atoms with E-state index in [4.69, 9.17) is 21.2 Å². The molecule has 3 rings (SSSR count). The molecule has 1 saturated heterocycles. The minimum absolute atomic E-state index is 0.127. The first-order valence-electron chi connectivity index (χ1n) is 12.3. The van der Waals surface area contributed by atoms with Gasteiger partial charge >= 0.3 is 13.8 Å². The number of carbonyl (C=O) groups is 2. The number of fused-ring (bicyclic) bond motifs is 1. The second-order valence-electron chi connectivity index (χ2n) is 8.91. The number of cyclic esters (lactones) is 1. The normalized spacial score (nSPS) is 20.5. The quantitative estimate of drug-likeness (QED) is 0.169. The predicted octanol–water partition coefficient (Wildman–Crippen LogP) is 4.23. The van der Waals surface area contributed by atoms with Crippen LogP contribution in [0.15, 0.2) is 36.1 Å². The van der Waals surface area contributed by atoms with Crippen LogP contribution in [-0.4, -0.2) is 57.5 Å². The van der Waals surface area contributed by atoms with Gasteiger partial charge in [-0.25, -0.2) is 9.36 Å². The van der Waals surface area contributed by atoms with Crippen molar-refractivity contribution in [2.24, 2.45) is 0 Å². The topological polar surface area (TPSA) is 155 Å². The van der Waals surface area contributed by atoms with E-state index in [-0.39, 0.29) is 34.4 Å². The van der Waals surface area contributed by atoms with E-state index in [2.05, 4.69) is 10.0 Å². The van der Waals surface area contributed by atoms with Crippen LogP contribution in [0, 0.1) is 0 Å². The summed E-state index contributed by atoms with van der Waals surface area (Å²) in [7, 11) is -5.05. The number of aromatic hydroxyl groups is 1. The minimum Gasteiger partial charge on any atom is -0.507 e. The van der Waals surface area contributed by atoms with E-state index in [9.17, 15) is 29.0 Å². The lowest BCUT2D eigenvalue weighted by Gasteiger charge is -2.26. The number of piperidine rings is 1. The Bertz CT molecular complexity index is 1160. The first-order valence-corrected chi connectivity index (χ1v) is 14.2. The summed E-state index contributed by atoms with van der Waals surface area (Å²) >= 11 is 6.41. The van der Waals surface area contributed by atoms with Gasteiger partial charge in [0, 0.05) is 31.1 Å². The van der Waals surface area contributed by atoms with Crippen LogP contribution < -0.4 is 10.0 Å². The number of likely N-dealkylation sites (tertiary alicyclic amines) is 1. The Hall–Kier alpha value is -2.82. The number of carbonyl (C=O) groups excluding carboxylic acids is 2. The summed E-state index contributed by atoms with van der Waals surface area (Å²) in [4.78, 5) is 51.2. The maximum atomic E-state index is 13.0. The summed E-state index contributed by atoms with van der Waals surface area (Å²) in [6.07, 6.45) is 12.9. The third-order valence-electron chi connectivity index (χ3n) is 5.80. The number of hydroxylamine groups is 1. The maximum Gasteiger partial charge on any atom is 0.524 e. The van der Waals surface area contributed by atoms with Crippen molar-refractivity contribution in [2.45, 2.75) is 51.6 Å².